The Morgan fingerprint density at radius 1 is 1.29 bits per heavy atom. The second-order valence-corrected chi connectivity index (χ2v) is 7.83. The molecule has 8 heteroatoms. The van der Waals surface area contributed by atoms with Gasteiger partial charge >= 0.3 is 0 Å². The minimum atomic E-state index is -0.471. The van der Waals surface area contributed by atoms with Crippen molar-refractivity contribution in [2.24, 2.45) is 17.6 Å². The lowest BCUT2D eigenvalue weighted by Crippen LogP contribution is -2.54. The molecular weight excluding hydrogens is 382 g/mol. The quantitative estimate of drug-likeness (QED) is 0.682. The number of halogens is 1. The van der Waals surface area contributed by atoms with E-state index in [1.54, 1.807) is 37.3 Å². The normalized spacial score (nSPS) is 18.5. The van der Waals surface area contributed by atoms with Crippen LogP contribution in [0.15, 0.2) is 18.2 Å². The summed E-state index contributed by atoms with van der Waals surface area (Å²) in [4.78, 5) is 26.9. The second-order valence-electron chi connectivity index (χ2n) is 7.83. The van der Waals surface area contributed by atoms with Crippen LogP contribution in [-0.4, -0.2) is 44.7 Å². The Morgan fingerprint density at radius 3 is 2.32 bits per heavy atom. The first-order valence-electron chi connectivity index (χ1n) is 9.27. The number of carbonyl (C=O) groups excluding carboxylic acids is 2. The highest BCUT2D eigenvalue weighted by Gasteiger charge is 2.38. The number of ether oxygens (including phenoxy) is 2. The number of methoxy groups -OCH3 is 2. The van der Waals surface area contributed by atoms with Crippen molar-refractivity contribution in [1.29, 1.82) is 0 Å². The van der Waals surface area contributed by atoms with Crippen molar-refractivity contribution in [2.45, 2.75) is 39.2 Å². The van der Waals surface area contributed by atoms with E-state index < -0.39 is 11.5 Å². The standard InChI is InChI=1S/C20H31N3O4.ClH/c1-13(2)10-20(3,12-21)22-19(25)14-6-18(24)23(11-14)15-7-16(26-4)9-17(8-15)27-5;/h7-9,13-14H,6,10-12,21H2,1-5H3,(H,22,25);1H. The van der Waals surface area contributed by atoms with E-state index in [-0.39, 0.29) is 30.6 Å². The molecule has 2 atom stereocenters. The summed E-state index contributed by atoms with van der Waals surface area (Å²) < 4.78 is 10.5. The highest BCUT2D eigenvalue weighted by atomic mass is 35.5. The number of hydrogen-bond acceptors (Lipinski definition) is 5. The van der Waals surface area contributed by atoms with Crippen molar-refractivity contribution in [3.05, 3.63) is 18.2 Å². The van der Waals surface area contributed by atoms with Gasteiger partial charge in [0.1, 0.15) is 11.5 Å². The maximum atomic E-state index is 12.8. The fourth-order valence-electron chi connectivity index (χ4n) is 3.57. The first-order valence-corrected chi connectivity index (χ1v) is 9.27. The van der Waals surface area contributed by atoms with Crippen molar-refractivity contribution < 1.29 is 19.1 Å². The molecule has 158 valence electrons. The Labute approximate surface area is 173 Å². The van der Waals surface area contributed by atoms with Crippen LogP contribution in [0.4, 0.5) is 5.69 Å². The molecule has 2 rings (SSSR count). The van der Waals surface area contributed by atoms with Gasteiger partial charge in [-0.1, -0.05) is 13.8 Å². The largest absolute Gasteiger partial charge is 0.497 e. The summed E-state index contributed by atoms with van der Waals surface area (Å²) in [5.41, 5.74) is 6.08. The van der Waals surface area contributed by atoms with Gasteiger partial charge in [0.25, 0.3) is 0 Å². The lowest BCUT2D eigenvalue weighted by molar-refractivity contribution is -0.128. The van der Waals surface area contributed by atoms with Crippen LogP contribution in [-0.2, 0) is 9.59 Å². The number of nitrogens with zero attached hydrogens (tertiary/aromatic N) is 1. The van der Waals surface area contributed by atoms with Crippen LogP contribution in [0.2, 0.25) is 0 Å². The Morgan fingerprint density at radius 2 is 1.86 bits per heavy atom. The van der Waals surface area contributed by atoms with Crippen molar-refractivity contribution in [3.63, 3.8) is 0 Å². The van der Waals surface area contributed by atoms with E-state index in [9.17, 15) is 9.59 Å². The summed E-state index contributed by atoms with van der Waals surface area (Å²) in [5.74, 6) is 0.964. The number of anilines is 1. The van der Waals surface area contributed by atoms with Gasteiger partial charge in [0.2, 0.25) is 11.8 Å². The Kier molecular flexibility index (Phi) is 8.57. The zero-order valence-corrected chi connectivity index (χ0v) is 18.1. The minimum absolute atomic E-state index is 0. The van der Waals surface area contributed by atoms with Gasteiger partial charge in [-0.05, 0) is 19.3 Å². The fraction of sp³-hybridized carbons (Fsp3) is 0.600. The predicted molar refractivity (Wildman–Crippen MR) is 112 cm³/mol. The second kappa shape index (κ2) is 9.98. The molecule has 2 amide bonds. The first-order chi connectivity index (χ1) is 12.7. The number of nitrogens with one attached hydrogen (secondary N) is 1. The van der Waals surface area contributed by atoms with E-state index in [1.807, 2.05) is 6.92 Å². The molecule has 0 aliphatic carbocycles. The molecule has 0 aromatic heterocycles. The third kappa shape index (κ3) is 5.75. The van der Waals surface area contributed by atoms with Crippen LogP contribution < -0.4 is 25.4 Å². The number of nitrogens with two attached hydrogens (primary N) is 1. The summed E-state index contributed by atoms with van der Waals surface area (Å²) in [5, 5.41) is 3.06. The molecule has 1 aliphatic rings. The van der Waals surface area contributed by atoms with Crippen molar-refractivity contribution in [1.82, 2.24) is 5.32 Å². The van der Waals surface area contributed by atoms with E-state index in [1.165, 1.54) is 0 Å². The molecule has 1 saturated heterocycles. The van der Waals surface area contributed by atoms with Crippen LogP contribution in [0.1, 0.15) is 33.6 Å². The lowest BCUT2D eigenvalue weighted by Gasteiger charge is -2.32. The molecule has 1 fully saturated rings. The van der Waals surface area contributed by atoms with E-state index in [4.69, 9.17) is 15.2 Å². The number of amides is 2. The molecule has 3 N–H and O–H groups in total. The van der Waals surface area contributed by atoms with E-state index >= 15 is 0 Å². The summed E-state index contributed by atoms with van der Waals surface area (Å²) >= 11 is 0. The van der Waals surface area contributed by atoms with Crippen LogP contribution in [0.3, 0.4) is 0 Å². The van der Waals surface area contributed by atoms with Gasteiger partial charge < -0.3 is 25.4 Å². The number of benzene rings is 1. The van der Waals surface area contributed by atoms with Crippen LogP contribution >= 0.6 is 12.4 Å². The third-order valence-corrected chi connectivity index (χ3v) is 4.88. The topological polar surface area (TPSA) is 93.9 Å². The summed E-state index contributed by atoms with van der Waals surface area (Å²) in [6.45, 7) is 6.82. The smallest absolute Gasteiger partial charge is 0.227 e. The van der Waals surface area contributed by atoms with Gasteiger partial charge in [0.15, 0.2) is 0 Å². The van der Waals surface area contributed by atoms with E-state index in [0.29, 0.717) is 36.2 Å². The molecule has 7 nitrogen and oxygen atoms in total. The Balaban J connectivity index is 0.00000392. The van der Waals surface area contributed by atoms with Crippen LogP contribution in [0.5, 0.6) is 11.5 Å². The number of rotatable bonds is 8. The number of carbonyl (C=O) groups is 2. The first kappa shape index (κ1) is 24.0. The molecule has 0 spiro atoms. The van der Waals surface area contributed by atoms with Crippen LogP contribution in [0.25, 0.3) is 0 Å². The summed E-state index contributed by atoms with van der Waals surface area (Å²) in [7, 11) is 3.12. The van der Waals surface area contributed by atoms with Crippen molar-refractivity contribution >= 4 is 29.9 Å². The van der Waals surface area contributed by atoms with Crippen molar-refractivity contribution in [3.8, 4) is 11.5 Å². The van der Waals surface area contributed by atoms with Gasteiger partial charge in [0, 0.05) is 43.2 Å². The van der Waals surface area contributed by atoms with Gasteiger partial charge in [-0.15, -0.1) is 12.4 Å². The number of hydrogen-bond donors (Lipinski definition) is 2. The van der Waals surface area contributed by atoms with Gasteiger partial charge in [-0.25, -0.2) is 0 Å². The molecule has 0 bridgehead atoms. The Bertz CT molecular complexity index is 676. The fourth-order valence-corrected chi connectivity index (χ4v) is 3.57. The summed E-state index contributed by atoms with van der Waals surface area (Å²) in [6.07, 6.45) is 0.959. The maximum Gasteiger partial charge on any atom is 0.227 e. The SMILES string of the molecule is COc1cc(OC)cc(N2CC(C(=O)NC(C)(CN)CC(C)C)CC2=O)c1.Cl. The van der Waals surface area contributed by atoms with Gasteiger partial charge in [-0.2, -0.15) is 0 Å². The molecule has 1 aromatic carbocycles. The molecule has 1 heterocycles. The summed E-state index contributed by atoms with van der Waals surface area (Å²) in [6, 6.07) is 5.28. The molecule has 28 heavy (non-hydrogen) atoms. The van der Waals surface area contributed by atoms with Gasteiger partial charge in [0.05, 0.1) is 25.8 Å². The Hall–Kier alpha value is -1.99. The van der Waals surface area contributed by atoms with Crippen molar-refractivity contribution in [2.75, 3.05) is 32.2 Å². The van der Waals surface area contributed by atoms with E-state index in [2.05, 4.69) is 19.2 Å². The monoisotopic (exact) mass is 413 g/mol. The van der Waals surface area contributed by atoms with Gasteiger partial charge in [-0.3, -0.25) is 9.59 Å². The molecular formula is C20H32ClN3O4. The zero-order chi connectivity index (χ0) is 20.2. The molecule has 1 aromatic rings. The average molecular weight is 414 g/mol. The highest BCUT2D eigenvalue weighted by molar-refractivity contribution is 6.00. The third-order valence-electron chi connectivity index (χ3n) is 4.88. The maximum absolute atomic E-state index is 12.8. The highest BCUT2D eigenvalue weighted by Crippen LogP contribution is 2.32. The van der Waals surface area contributed by atoms with Crippen LogP contribution in [0, 0.1) is 11.8 Å². The zero-order valence-electron chi connectivity index (χ0n) is 17.3. The molecule has 2 unspecified atom stereocenters. The van der Waals surface area contributed by atoms with E-state index in [0.717, 1.165) is 6.42 Å². The molecule has 0 saturated carbocycles. The lowest BCUT2D eigenvalue weighted by atomic mass is 9.90. The average Bonchev–Trinajstić information content (AvgIpc) is 3.02. The molecule has 0 radical (unpaired) electrons. The minimum Gasteiger partial charge on any atom is -0.497 e. The predicted octanol–water partition coefficient (Wildman–Crippen LogP) is 2.36. The molecule has 1 aliphatic heterocycles.